The fourth-order valence-corrected chi connectivity index (χ4v) is 9.91. The Bertz CT molecular complexity index is 2440. The molecule has 2 aliphatic rings. The maximum absolute atomic E-state index is 13.9. The molecule has 2 aliphatic heterocycles. The van der Waals surface area contributed by atoms with Gasteiger partial charge in [0.25, 0.3) is 10.0 Å². The van der Waals surface area contributed by atoms with Crippen LogP contribution in [0.4, 0.5) is 22.9 Å². The van der Waals surface area contributed by atoms with Gasteiger partial charge in [0, 0.05) is 85.1 Å². The van der Waals surface area contributed by atoms with Crippen LogP contribution in [0.1, 0.15) is 12.0 Å². The largest absolute Gasteiger partial charge is 0.380 e. The van der Waals surface area contributed by atoms with E-state index < -0.39 is 10.0 Å². The zero-order valence-corrected chi connectivity index (χ0v) is 36.0. The van der Waals surface area contributed by atoms with E-state index in [1.807, 2.05) is 48.5 Å². The topological polar surface area (TPSA) is 127 Å². The van der Waals surface area contributed by atoms with Gasteiger partial charge in [0.05, 0.1) is 42.1 Å². The van der Waals surface area contributed by atoms with Crippen molar-refractivity contribution in [2.24, 2.45) is 0 Å². The number of nitrogens with zero attached hydrogens (tertiary/aromatic N) is 4. The van der Waals surface area contributed by atoms with Crippen molar-refractivity contribution in [2.45, 2.75) is 28.8 Å². The van der Waals surface area contributed by atoms with Gasteiger partial charge in [0.15, 0.2) is 5.82 Å². The minimum Gasteiger partial charge on any atom is -0.380 e. The number of aromatic nitrogens is 2. The van der Waals surface area contributed by atoms with E-state index in [1.54, 1.807) is 30.0 Å². The van der Waals surface area contributed by atoms with Gasteiger partial charge in [-0.2, -0.15) is 5.10 Å². The van der Waals surface area contributed by atoms with Crippen LogP contribution in [0.25, 0.3) is 22.0 Å². The van der Waals surface area contributed by atoms with Crippen LogP contribution in [0, 0.1) is 0 Å². The molecule has 0 saturated carbocycles. The van der Waals surface area contributed by atoms with Gasteiger partial charge >= 0.3 is 0 Å². The maximum Gasteiger partial charge on any atom is 0.263 e. The summed E-state index contributed by atoms with van der Waals surface area (Å²) in [7, 11) is -2.51. The Hall–Kier alpha value is -4.80. The molecule has 2 fully saturated rings. The van der Waals surface area contributed by atoms with E-state index in [4.69, 9.17) is 21.2 Å². The normalized spacial score (nSPS) is 15.9. The predicted octanol–water partition coefficient (Wildman–Crippen LogP) is 8.27. The third-order valence-corrected chi connectivity index (χ3v) is 13.8. The molecule has 4 N–H and O–H groups in total. The van der Waals surface area contributed by atoms with Gasteiger partial charge in [-0.25, -0.2) is 8.42 Å². The molecule has 0 amide bonds. The first kappa shape index (κ1) is 41.9. The lowest BCUT2D eigenvalue weighted by Gasteiger charge is -2.36. The fraction of sp³-hybridized carbons (Fsp3) is 0.311. The van der Waals surface area contributed by atoms with E-state index in [-0.39, 0.29) is 16.8 Å². The number of hydrogen-bond acceptors (Lipinski definition) is 11. The van der Waals surface area contributed by atoms with Crippen LogP contribution >= 0.6 is 23.4 Å². The average molecular weight is 868 g/mol. The zero-order valence-electron chi connectivity index (χ0n) is 33.6. The third-order valence-electron chi connectivity index (χ3n) is 11.0. The van der Waals surface area contributed by atoms with Gasteiger partial charge in [0.1, 0.15) is 0 Å². The molecular weight excluding hydrogens is 816 g/mol. The highest BCUT2D eigenvalue weighted by atomic mass is 35.5. The molecule has 0 radical (unpaired) electrons. The number of rotatable bonds is 17. The van der Waals surface area contributed by atoms with Crippen molar-refractivity contribution >= 4 is 67.2 Å². The molecule has 6 aromatic rings. The number of hydrogen-bond donors (Lipinski definition) is 4. The Balaban J connectivity index is 0.913. The molecule has 0 aliphatic carbocycles. The highest BCUT2D eigenvalue weighted by molar-refractivity contribution is 7.99. The quantitative estimate of drug-likeness (QED) is 0.0523. The summed E-state index contributed by atoms with van der Waals surface area (Å²) >= 11 is 7.95. The van der Waals surface area contributed by atoms with Gasteiger partial charge in [-0.3, -0.25) is 29.9 Å². The van der Waals surface area contributed by atoms with Crippen molar-refractivity contribution in [1.29, 1.82) is 0 Å². The van der Waals surface area contributed by atoms with E-state index in [9.17, 15) is 8.42 Å². The molecule has 2 saturated heterocycles. The minimum absolute atomic E-state index is 0.0811. The van der Waals surface area contributed by atoms with Gasteiger partial charge in [-0.05, 0) is 83.8 Å². The number of nitrogens with one attached hydrogen (secondary N) is 4. The van der Waals surface area contributed by atoms with E-state index >= 15 is 0 Å². The first-order valence-corrected chi connectivity index (χ1v) is 23.2. The summed E-state index contributed by atoms with van der Waals surface area (Å²) in [6, 6.07) is 38.0. The summed E-state index contributed by atoms with van der Waals surface area (Å²) in [4.78, 5) is 13.9. The first-order valence-electron chi connectivity index (χ1n) is 20.3. The number of H-pyrrole nitrogens is 1. The van der Waals surface area contributed by atoms with Crippen molar-refractivity contribution in [1.82, 2.24) is 20.0 Å². The molecule has 12 nitrogen and oxygen atoms in total. The number of piperazine rings is 1. The summed E-state index contributed by atoms with van der Waals surface area (Å²) in [5.74, 6) is 1.07. The van der Waals surface area contributed by atoms with Crippen LogP contribution in [0.3, 0.4) is 0 Å². The molecule has 15 heteroatoms. The highest BCUT2D eigenvalue weighted by Crippen LogP contribution is 2.32. The number of fused-ring (bicyclic) bond motifs is 1. The average Bonchev–Trinajstić information content (AvgIpc) is 3.67. The van der Waals surface area contributed by atoms with Crippen molar-refractivity contribution < 1.29 is 18.0 Å². The second-order valence-corrected chi connectivity index (χ2v) is 18.3. The molecule has 5 aromatic carbocycles. The van der Waals surface area contributed by atoms with Crippen molar-refractivity contribution in [3.05, 3.63) is 126 Å². The van der Waals surface area contributed by atoms with Crippen molar-refractivity contribution in [3.63, 3.8) is 0 Å². The van der Waals surface area contributed by atoms with E-state index in [1.165, 1.54) is 23.1 Å². The summed E-state index contributed by atoms with van der Waals surface area (Å²) in [5.41, 5.74) is 9.66. The lowest BCUT2D eigenvalue weighted by molar-refractivity contribution is 0.0370. The van der Waals surface area contributed by atoms with Crippen LogP contribution in [0.2, 0.25) is 5.02 Å². The van der Waals surface area contributed by atoms with E-state index in [0.29, 0.717) is 11.1 Å². The minimum atomic E-state index is -4.02. The maximum atomic E-state index is 13.9. The molecule has 1 atom stereocenters. The van der Waals surface area contributed by atoms with Crippen LogP contribution in [-0.2, 0) is 26.1 Å². The Kier molecular flexibility index (Phi) is 13.8. The molecule has 60 heavy (non-hydrogen) atoms. The molecule has 0 bridgehead atoms. The SMILES string of the molecule is CONc1cc(S(=O)(=O)Nc2n[nH]c3cc(N4CCN(Cc5ccccc5-c5ccc(Cl)cc5)CC4)ccc23)ccc1N[C@H](CCN1CCOCC1)CSc1ccccc1. The number of anilines is 4. The highest BCUT2D eigenvalue weighted by Gasteiger charge is 2.23. The molecule has 3 heterocycles. The molecule has 8 rings (SSSR count). The molecule has 314 valence electrons. The first-order chi connectivity index (χ1) is 29.3. The Morgan fingerprint density at radius 2 is 1.62 bits per heavy atom. The Morgan fingerprint density at radius 1 is 0.850 bits per heavy atom. The number of ether oxygens (including phenoxy) is 1. The monoisotopic (exact) mass is 866 g/mol. The zero-order chi connectivity index (χ0) is 41.3. The Morgan fingerprint density at radius 3 is 2.40 bits per heavy atom. The predicted molar refractivity (Wildman–Crippen MR) is 245 cm³/mol. The fourth-order valence-electron chi connectivity index (χ4n) is 7.75. The number of thioether (sulfide) groups is 1. The summed E-state index contributed by atoms with van der Waals surface area (Å²) in [6.45, 7) is 8.69. The van der Waals surface area contributed by atoms with E-state index in [0.717, 1.165) is 105 Å². The smallest absolute Gasteiger partial charge is 0.263 e. The lowest BCUT2D eigenvalue weighted by atomic mass is 9.99. The van der Waals surface area contributed by atoms with Crippen molar-refractivity contribution in [2.75, 3.05) is 92.3 Å². The number of morpholine rings is 1. The van der Waals surface area contributed by atoms with Gasteiger partial charge in [0.2, 0.25) is 0 Å². The van der Waals surface area contributed by atoms with Crippen LogP contribution in [0.15, 0.2) is 125 Å². The summed E-state index contributed by atoms with van der Waals surface area (Å²) < 4.78 is 36.0. The second-order valence-electron chi connectivity index (χ2n) is 15.1. The number of benzene rings is 5. The van der Waals surface area contributed by atoms with E-state index in [2.05, 4.69) is 88.9 Å². The van der Waals surface area contributed by atoms with Crippen molar-refractivity contribution in [3.8, 4) is 11.1 Å². The molecule has 0 spiro atoms. The second kappa shape index (κ2) is 19.7. The van der Waals surface area contributed by atoms with Crippen LogP contribution < -0.4 is 20.4 Å². The molecule has 0 unspecified atom stereocenters. The third kappa shape index (κ3) is 10.6. The lowest BCUT2D eigenvalue weighted by Crippen LogP contribution is -2.46. The number of halogens is 1. The number of aromatic amines is 1. The molecule has 1 aromatic heterocycles. The van der Waals surface area contributed by atoms with Crippen LogP contribution in [-0.4, -0.2) is 106 Å². The van der Waals surface area contributed by atoms with Gasteiger partial charge < -0.3 is 15.0 Å². The van der Waals surface area contributed by atoms with Gasteiger partial charge in [-0.15, -0.1) is 11.8 Å². The Labute approximate surface area is 361 Å². The standard InChI is InChI=1S/C45H51ClN8O4S2/c1-57-50-44-30-39(16-18-42(44)47-36(19-20-52-25-27-58-28-26-52)32-59-38-8-3-2-4-9-38)60(55,56)51-45-41-17-15-37(29-43(41)48-49-45)54-23-21-53(22-24-54)31-34-7-5-6-10-40(34)33-11-13-35(46)14-12-33/h2-18,29-30,36,47,50H,19-28,31-32H2,1H3,(H2,48,49,51)/t36-/m1/s1. The number of sulfonamides is 1. The van der Waals surface area contributed by atoms with Crippen LogP contribution in [0.5, 0.6) is 0 Å². The summed E-state index contributed by atoms with van der Waals surface area (Å²) in [6.07, 6.45) is 0.902. The summed E-state index contributed by atoms with van der Waals surface area (Å²) in [5, 5.41) is 12.5. The van der Waals surface area contributed by atoms with Gasteiger partial charge in [-0.1, -0.05) is 66.2 Å². The molecular formula is C45H51ClN8O4S2.